The standard InChI is InChI=1S/C14H15ClN2O4S2/c1-21-10-4-2-3-9(5-10)17-11-7-23(19,20)8-12(11)22-14(17)16-13(18)6-15/h2-5,11-12H,6-8H2,1H3/t11-,12-/m1/s1. The number of methoxy groups -OCH3 is 1. The van der Waals surface area contributed by atoms with E-state index in [2.05, 4.69) is 4.99 Å². The van der Waals surface area contributed by atoms with Crippen LogP contribution in [0.1, 0.15) is 0 Å². The summed E-state index contributed by atoms with van der Waals surface area (Å²) in [5.74, 6) is 0.154. The Kier molecular flexibility index (Phi) is 4.57. The van der Waals surface area contributed by atoms with Crippen molar-refractivity contribution in [2.45, 2.75) is 11.3 Å². The van der Waals surface area contributed by atoms with Crippen LogP contribution in [0.3, 0.4) is 0 Å². The van der Waals surface area contributed by atoms with E-state index in [9.17, 15) is 13.2 Å². The fourth-order valence-electron chi connectivity index (χ4n) is 2.76. The lowest BCUT2D eigenvalue weighted by molar-refractivity contribution is -0.115. The molecular weight excluding hydrogens is 360 g/mol. The lowest BCUT2D eigenvalue weighted by Crippen LogP contribution is -2.37. The zero-order valence-electron chi connectivity index (χ0n) is 12.3. The van der Waals surface area contributed by atoms with Crippen LogP contribution >= 0.6 is 23.4 Å². The molecular formula is C14H15ClN2O4S2. The predicted octanol–water partition coefficient (Wildman–Crippen LogP) is 1.54. The number of amides is 1. The van der Waals surface area contributed by atoms with Gasteiger partial charge in [0.25, 0.3) is 5.91 Å². The highest BCUT2D eigenvalue weighted by Crippen LogP contribution is 2.41. The van der Waals surface area contributed by atoms with E-state index in [-0.39, 0.29) is 28.7 Å². The Balaban J connectivity index is 2.02. The molecule has 2 heterocycles. The molecule has 0 aliphatic carbocycles. The van der Waals surface area contributed by atoms with Gasteiger partial charge in [-0.1, -0.05) is 17.8 Å². The first-order valence-corrected chi connectivity index (χ1v) is 10.1. The number of hydrogen-bond acceptors (Lipinski definition) is 5. The summed E-state index contributed by atoms with van der Waals surface area (Å²) in [4.78, 5) is 17.5. The topological polar surface area (TPSA) is 76.0 Å². The Morgan fingerprint density at radius 1 is 1.48 bits per heavy atom. The maximum Gasteiger partial charge on any atom is 0.262 e. The highest BCUT2D eigenvalue weighted by Gasteiger charge is 2.49. The van der Waals surface area contributed by atoms with Gasteiger partial charge in [-0.05, 0) is 12.1 Å². The molecule has 0 bridgehead atoms. The van der Waals surface area contributed by atoms with Crippen molar-refractivity contribution in [3.8, 4) is 5.75 Å². The van der Waals surface area contributed by atoms with Gasteiger partial charge in [-0.25, -0.2) is 8.42 Å². The largest absolute Gasteiger partial charge is 0.497 e. The SMILES string of the molecule is COc1cccc(N2C(=NC(=O)CCl)S[C@@H]3CS(=O)(=O)C[C@H]32)c1. The van der Waals surface area contributed by atoms with Gasteiger partial charge >= 0.3 is 0 Å². The Hall–Kier alpha value is -1.25. The second kappa shape index (κ2) is 6.33. The molecule has 2 saturated heterocycles. The molecule has 2 aliphatic heterocycles. The van der Waals surface area contributed by atoms with Crippen LogP contribution in [-0.4, -0.2) is 55.3 Å². The molecule has 0 N–H and O–H groups in total. The summed E-state index contributed by atoms with van der Waals surface area (Å²) < 4.78 is 29.1. The van der Waals surface area contributed by atoms with E-state index in [1.165, 1.54) is 11.8 Å². The molecule has 0 saturated carbocycles. The summed E-state index contributed by atoms with van der Waals surface area (Å²) in [6.45, 7) is 0. The Morgan fingerprint density at radius 3 is 2.96 bits per heavy atom. The molecule has 0 unspecified atom stereocenters. The van der Waals surface area contributed by atoms with E-state index in [0.717, 1.165) is 5.69 Å². The van der Waals surface area contributed by atoms with Crippen LogP contribution in [0.25, 0.3) is 0 Å². The van der Waals surface area contributed by atoms with E-state index in [4.69, 9.17) is 16.3 Å². The van der Waals surface area contributed by atoms with Crippen molar-refractivity contribution in [3.63, 3.8) is 0 Å². The second-order valence-corrected chi connectivity index (χ2v) is 8.92. The van der Waals surface area contributed by atoms with Crippen molar-refractivity contribution in [1.29, 1.82) is 0 Å². The molecule has 0 aromatic heterocycles. The molecule has 2 atom stereocenters. The van der Waals surface area contributed by atoms with Crippen molar-refractivity contribution in [2.24, 2.45) is 4.99 Å². The Labute approximate surface area is 143 Å². The molecule has 124 valence electrons. The number of alkyl halides is 1. The number of rotatable bonds is 3. The number of amidine groups is 1. The number of hydrogen-bond donors (Lipinski definition) is 0. The zero-order valence-corrected chi connectivity index (χ0v) is 14.7. The monoisotopic (exact) mass is 374 g/mol. The molecule has 1 amide bonds. The van der Waals surface area contributed by atoms with Gasteiger partial charge in [-0.15, -0.1) is 11.6 Å². The molecule has 0 radical (unpaired) electrons. The molecule has 2 aliphatic rings. The van der Waals surface area contributed by atoms with Crippen molar-refractivity contribution in [1.82, 2.24) is 0 Å². The lowest BCUT2D eigenvalue weighted by atomic mass is 10.2. The summed E-state index contributed by atoms with van der Waals surface area (Å²) >= 11 is 6.86. The van der Waals surface area contributed by atoms with Crippen LogP contribution in [0.4, 0.5) is 5.69 Å². The van der Waals surface area contributed by atoms with Crippen LogP contribution in [-0.2, 0) is 14.6 Å². The average Bonchev–Trinajstić information content (AvgIpc) is 2.97. The third-order valence-corrected chi connectivity index (χ3v) is 7.17. The first-order chi connectivity index (χ1) is 10.9. The van der Waals surface area contributed by atoms with E-state index in [1.807, 2.05) is 17.0 Å². The van der Waals surface area contributed by atoms with Gasteiger partial charge in [-0.3, -0.25) is 4.79 Å². The number of carbonyl (C=O) groups is 1. The molecule has 2 fully saturated rings. The van der Waals surface area contributed by atoms with Crippen LogP contribution < -0.4 is 9.64 Å². The first kappa shape index (κ1) is 16.6. The average molecular weight is 375 g/mol. The van der Waals surface area contributed by atoms with E-state index in [1.54, 1.807) is 19.2 Å². The van der Waals surface area contributed by atoms with Crippen molar-refractivity contribution < 1.29 is 17.9 Å². The molecule has 6 nitrogen and oxygen atoms in total. The minimum atomic E-state index is -3.08. The third-order valence-electron chi connectivity index (χ3n) is 3.73. The zero-order chi connectivity index (χ0) is 16.6. The molecule has 9 heteroatoms. The van der Waals surface area contributed by atoms with E-state index >= 15 is 0 Å². The van der Waals surface area contributed by atoms with Crippen molar-refractivity contribution in [3.05, 3.63) is 24.3 Å². The van der Waals surface area contributed by atoms with Gasteiger partial charge in [0.2, 0.25) is 0 Å². The number of fused-ring (bicyclic) bond motifs is 1. The lowest BCUT2D eigenvalue weighted by Gasteiger charge is -2.24. The number of halogens is 1. The minimum Gasteiger partial charge on any atom is -0.497 e. The van der Waals surface area contributed by atoms with Crippen molar-refractivity contribution >= 4 is 50.0 Å². The van der Waals surface area contributed by atoms with Crippen molar-refractivity contribution in [2.75, 3.05) is 29.4 Å². The van der Waals surface area contributed by atoms with Gasteiger partial charge in [0, 0.05) is 17.0 Å². The van der Waals surface area contributed by atoms with Gasteiger partial charge in [-0.2, -0.15) is 4.99 Å². The summed E-state index contributed by atoms with van der Waals surface area (Å²) in [5, 5.41) is 0.363. The highest BCUT2D eigenvalue weighted by atomic mass is 35.5. The number of benzene rings is 1. The molecule has 3 rings (SSSR count). The normalized spacial score (nSPS) is 27.2. The second-order valence-electron chi connectivity index (χ2n) is 5.29. The van der Waals surface area contributed by atoms with Crippen LogP contribution in [0.2, 0.25) is 0 Å². The van der Waals surface area contributed by atoms with Crippen LogP contribution in [0.5, 0.6) is 5.75 Å². The summed E-state index contributed by atoms with van der Waals surface area (Å²) in [7, 11) is -1.52. The number of ether oxygens (including phenoxy) is 1. The quantitative estimate of drug-likeness (QED) is 0.747. The maximum atomic E-state index is 11.9. The van der Waals surface area contributed by atoms with Gasteiger partial charge in [0.05, 0.1) is 24.7 Å². The fourth-order valence-corrected chi connectivity index (χ4v) is 6.75. The van der Waals surface area contributed by atoms with E-state index in [0.29, 0.717) is 10.9 Å². The van der Waals surface area contributed by atoms with Crippen LogP contribution in [0, 0.1) is 0 Å². The maximum absolute atomic E-state index is 11.9. The minimum absolute atomic E-state index is 0.0515. The molecule has 1 aromatic carbocycles. The third kappa shape index (κ3) is 3.34. The number of sulfone groups is 1. The Morgan fingerprint density at radius 2 is 2.26 bits per heavy atom. The summed E-state index contributed by atoms with van der Waals surface area (Å²) in [6.07, 6.45) is 0. The highest BCUT2D eigenvalue weighted by molar-refractivity contribution is 8.16. The Bertz CT molecular complexity index is 766. The van der Waals surface area contributed by atoms with Gasteiger partial charge in [0.1, 0.15) is 11.6 Å². The van der Waals surface area contributed by atoms with E-state index < -0.39 is 15.7 Å². The summed E-state index contributed by atoms with van der Waals surface area (Å²) in [6, 6.07) is 7.03. The number of anilines is 1. The smallest absolute Gasteiger partial charge is 0.262 e. The number of thioether (sulfide) groups is 1. The van der Waals surface area contributed by atoms with Crippen LogP contribution in [0.15, 0.2) is 29.3 Å². The van der Waals surface area contributed by atoms with Gasteiger partial charge < -0.3 is 9.64 Å². The number of aliphatic imine (C=N–C) groups is 1. The predicted molar refractivity (Wildman–Crippen MR) is 92.5 cm³/mol. The summed E-state index contributed by atoms with van der Waals surface area (Å²) in [5.41, 5.74) is 0.752. The number of nitrogens with zero attached hydrogens (tertiary/aromatic N) is 2. The molecule has 0 spiro atoms. The van der Waals surface area contributed by atoms with Gasteiger partial charge in [0.15, 0.2) is 15.0 Å². The fraction of sp³-hybridized carbons (Fsp3) is 0.429. The number of carbonyl (C=O) groups excluding carboxylic acids is 1. The molecule has 23 heavy (non-hydrogen) atoms. The molecule has 1 aromatic rings. The first-order valence-electron chi connectivity index (χ1n) is 6.91.